The molecule has 19 heavy (non-hydrogen) atoms. The summed E-state index contributed by atoms with van der Waals surface area (Å²) in [7, 11) is 0. The van der Waals surface area contributed by atoms with Crippen molar-refractivity contribution >= 4 is 5.97 Å². The van der Waals surface area contributed by atoms with Crippen molar-refractivity contribution in [2.45, 2.75) is 26.7 Å². The smallest absolute Gasteiger partial charge is 0.376 e. The normalized spacial score (nSPS) is 10.4. The summed E-state index contributed by atoms with van der Waals surface area (Å²) in [5, 5.41) is 0. The van der Waals surface area contributed by atoms with Gasteiger partial charge in [0.15, 0.2) is 5.89 Å². The third-order valence-corrected chi connectivity index (χ3v) is 2.64. The van der Waals surface area contributed by atoms with Crippen LogP contribution in [-0.2, 0) is 11.2 Å². The molecule has 0 amide bonds. The zero-order chi connectivity index (χ0) is 13.7. The van der Waals surface area contributed by atoms with Gasteiger partial charge in [0.05, 0.1) is 6.61 Å². The maximum Gasteiger partial charge on any atom is 0.376 e. The zero-order valence-corrected chi connectivity index (χ0v) is 11.2. The summed E-state index contributed by atoms with van der Waals surface area (Å²) in [6.45, 7) is 4.12. The van der Waals surface area contributed by atoms with E-state index in [0.29, 0.717) is 24.6 Å². The molecule has 0 bridgehead atoms. The first kappa shape index (κ1) is 13.3. The van der Waals surface area contributed by atoms with Crippen LogP contribution in [0.2, 0.25) is 0 Å². The number of carbonyl (C=O) groups excluding carboxylic acids is 1. The van der Waals surface area contributed by atoms with E-state index in [-0.39, 0.29) is 5.76 Å². The number of esters is 1. The molecular weight excluding hydrogens is 242 g/mol. The molecule has 0 aliphatic rings. The molecule has 0 aliphatic carbocycles. The molecule has 4 heteroatoms. The van der Waals surface area contributed by atoms with Crippen molar-refractivity contribution in [2.75, 3.05) is 6.61 Å². The summed E-state index contributed by atoms with van der Waals surface area (Å²) in [6, 6.07) is 9.52. The van der Waals surface area contributed by atoms with Gasteiger partial charge in [0.1, 0.15) is 5.69 Å². The van der Waals surface area contributed by atoms with E-state index in [1.807, 2.05) is 37.3 Å². The number of aromatic nitrogens is 1. The molecular formula is C15H17NO3. The Labute approximate surface area is 112 Å². The maximum atomic E-state index is 11.9. The van der Waals surface area contributed by atoms with E-state index in [1.165, 1.54) is 0 Å². The third-order valence-electron chi connectivity index (χ3n) is 2.64. The van der Waals surface area contributed by atoms with Crippen LogP contribution in [0.4, 0.5) is 0 Å². The lowest BCUT2D eigenvalue weighted by Crippen LogP contribution is -2.04. The number of aryl methyl sites for hydroxylation is 1. The average molecular weight is 259 g/mol. The molecule has 1 aromatic carbocycles. The number of ether oxygens (including phenoxy) is 1. The second kappa shape index (κ2) is 6.18. The summed E-state index contributed by atoms with van der Waals surface area (Å²) in [5.74, 6) is 0.303. The average Bonchev–Trinajstić information content (AvgIpc) is 2.85. The van der Waals surface area contributed by atoms with Crippen molar-refractivity contribution in [3.63, 3.8) is 0 Å². The highest BCUT2D eigenvalue weighted by atomic mass is 16.5. The Hall–Kier alpha value is -2.10. The Morgan fingerprint density at radius 3 is 2.63 bits per heavy atom. The van der Waals surface area contributed by atoms with Crippen molar-refractivity contribution in [1.29, 1.82) is 0 Å². The first-order valence-corrected chi connectivity index (χ1v) is 6.48. The standard InChI is InChI=1S/C15H17NO3/c1-3-8-12-16-13(11-9-6-5-7-10-11)14(19-12)15(17)18-4-2/h5-7,9-10H,3-4,8H2,1-2H3. The van der Waals surface area contributed by atoms with Gasteiger partial charge in [0, 0.05) is 12.0 Å². The highest BCUT2D eigenvalue weighted by molar-refractivity contribution is 5.93. The molecule has 0 atom stereocenters. The minimum atomic E-state index is -0.462. The Bertz CT molecular complexity index is 546. The molecule has 0 spiro atoms. The Balaban J connectivity index is 2.42. The second-order valence-corrected chi connectivity index (χ2v) is 4.12. The first-order chi connectivity index (χ1) is 9.26. The molecule has 0 unspecified atom stereocenters. The maximum absolute atomic E-state index is 11.9. The lowest BCUT2D eigenvalue weighted by Gasteiger charge is -2.00. The van der Waals surface area contributed by atoms with E-state index in [4.69, 9.17) is 9.15 Å². The molecule has 0 aliphatic heterocycles. The van der Waals surface area contributed by atoms with E-state index in [1.54, 1.807) is 6.92 Å². The monoisotopic (exact) mass is 259 g/mol. The van der Waals surface area contributed by atoms with E-state index >= 15 is 0 Å². The van der Waals surface area contributed by atoms with Crippen molar-refractivity contribution in [1.82, 2.24) is 4.98 Å². The molecule has 4 nitrogen and oxygen atoms in total. The lowest BCUT2D eigenvalue weighted by molar-refractivity contribution is 0.0489. The number of carbonyl (C=O) groups is 1. The van der Waals surface area contributed by atoms with Crippen molar-refractivity contribution in [3.8, 4) is 11.3 Å². The van der Waals surface area contributed by atoms with Gasteiger partial charge in [-0.05, 0) is 13.3 Å². The molecule has 0 radical (unpaired) electrons. The fraction of sp³-hybridized carbons (Fsp3) is 0.333. The number of hydrogen-bond donors (Lipinski definition) is 0. The lowest BCUT2D eigenvalue weighted by atomic mass is 10.1. The van der Waals surface area contributed by atoms with Crippen LogP contribution < -0.4 is 0 Å². The summed E-state index contributed by atoms with van der Waals surface area (Å²) < 4.78 is 10.5. The van der Waals surface area contributed by atoms with Crippen LogP contribution >= 0.6 is 0 Å². The predicted octanol–water partition coefficient (Wildman–Crippen LogP) is 3.47. The quantitative estimate of drug-likeness (QED) is 0.771. The minimum Gasteiger partial charge on any atom is -0.460 e. The van der Waals surface area contributed by atoms with Crippen molar-refractivity contribution in [3.05, 3.63) is 42.0 Å². The van der Waals surface area contributed by atoms with Gasteiger partial charge < -0.3 is 9.15 Å². The molecule has 0 saturated carbocycles. The van der Waals surface area contributed by atoms with Crippen LogP contribution in [0.25, 0.3) is 11.3 Å². The fourth-order valence-electron chi connectivity index (χ4n) is 1.81. The number of oxazole rings is 1. The number of hydrogen-bond acceptors (Lipinski definition) is 4. The number of nitrogens with zero attached hydrogens (tertiary/aromatic N) is 1. The van der Waals surface area contributed by atoms with Gasteiger partial charge in [-0.2, -0.15) is 0 Å². The molecule has 100 valence electrons. The second-order valence-electron chi connectivity index (χ2n) is 4.12. The van der Waals surface area contributed by atoms with Gasteiger partial charge in [-0.3, -0.25) is 0 Å². The Morgan fingerprint density at radius 2 is 2.00 bits per heavy atom. The van der Waals surface area contributed by atoms with E-state index in [2.05, 4.69) is 4.98 Å². The van der Waals surface area contributed by atoms with Gasteiger partial charge in [-0.1, -0.05) is 37.3 Å². The van der Waals surface area contributed by atoms with Crippen LogP contribution in [-0.4, -0.2) is 17.6 Å². The molecule has 2 rings (SSSR count). The van der Waals surface area contributed by atoms with Gasteiger partial charge in [-0.25, -0.2) is 9.78 Å². The van der Waals surface area contributed by atoms with Crippen LogP contribution in [0.5, 0.6) is 0 Å². The molecule has 1 aromatic heterocycles. The molecule has 2 aromatic rings. The third kappa shape index (κ3) is 3.02. The van der Waals surface area contributed by atoms with Gasteiger partial charge in [0.2, 0.25) is 5.76 Å². The Morgan fingerprint density at radius 1 is 1.26 bits per heavy atom. The van der Waals surface area contributed by atoms with E-state index in [0.717, 1.165) is 12.0 Å². The van der Waals surface area contributed by atoms with Crippen LogP contribution in [0.3, 0.4) is 0 Å². The SMILES string of the molecule is CCCc1nc(-c2ccccc2)c(C(=O)OCC)o1. The summed E-state index contributed by atoms with van der Waals surface area (Å²) in [6.07, 6.45) is 1.62. The van der Waals surface area contributed by atoms with Gasteiger partial charge >= 0.3 is 5.97 Å². The van der Waals surface area contributed by atoms with Crippen molar-refractivity contribution in [2.24, 2.45) is 0 Å². The molecule has 0 fully saturated rings. The summed E-state index contributed by atoms with van der Waals surface area (Å²) in [4.78, 5) is 16.3. The van der Waals surface area contributed by atoms with Crippen LogP contribution in [0, 0.1) is 0 Å². The van der Waals surface area contributed by atoms with Crippen molar-refractivity contribution < 1.29 is 13.9 Å². The topological polar surface area (TPSA) is 52.3 Å². The molecule has 0 N–H and O–H groups in total. The largest absolute Gasteiger partial charge is 0.460 e. The number of benzene rings is 1. The summed E-state index contributed by atoms with van der Waals surface area (Å²) in [5.41, 5.74) is 1.42. The summed E-state index contributed by atoms with van der Waals surface area (Å²) >= 11 is 0. The minimum absolute atomic E-state index is 0.191. The highest BCUT2D eigenvalue weighted by Gasteiger charge is 2.22. The Kier molecular flexibility index (Phi) is 4.34. The molecule has 0 saturated heterocycles. The van der Waals surface area contributed by atoms with E-state index < -0.39 is 5.97 Å². The fourth-order valence-corrected chi connectivity index (χ4v) is 1.81. The van der Waals surface area contributed by atoms with Crippen LogP contribution in [0.15, 0.2) is 34.7 Å². The highest BCUT2D eigenvalue weighted by Crippen LogP contribution is 2.25. The first-order valence-electron chi connectivity index (χ1n) is 6.48. The van der Waals surface area contributed by atoms with Gasteiger partial charge in [-0.15, -0.1) is 0 Å². The zero-order valence-electron chi connectivity index (χ0n) is 11.2. The van der Waals surface area contributed by atoms with E-state index in [9.17, 15) is 4.79 Å². The van der Waals surface area contributed by atoms with Crippen LogP contribution in [0.1, 0.15) is 36.7 Å². The molecule has 1 heterocycles. The predicted molar refractivity (Wildman–Crippen MR) is 71.9 cm³/mol. The van der Waals surface area contributed by atoms with Gasteiger partial charge in [0.25, 0.3) is 0 Å². The number of rotatable bonds is 5.